The van der Waals surface area contributed by atoms with Gasteiger partial charge in [0.15, 0.2) is 0 Å². The van der Waals surface area contributed by atoms with Crippen molar-refractivity contribution in [2.24, 2.45) is 23.5 Å². The number of carbonyl (C=O) groups is 1. The number of carbonyl (C=O) groups excluding carboxylic acids is 1. The van der Waals surface area contributed by atoms with Crippen LogP contribution in [0.25, 0.3) is 0 Å². The average Bonchev–Trinajstić information content (AvgIpc) is 2.56. The summed E-state index contributed by atoms with van der Waals surface area (Å²) in [6.45, 7) is 2.74. The van der Waals surface area contributed by atoms with Gasteiger partial charge >= 0.3 is 0 Å². The summed E-state index contributed by atoms with van der Waals surface area (Å²) in [5.74, 6) is 2.28. The van der Waals surface area contributed by atoms with Gasteiger partial charge in [0.05, 0.1) is 7.11 Å². The summed E-state index contributed by atoms with van der Waals surface area (Å²) >= 11 is 0. The van der Waals surface area contributed by atoms with E-state index in [2.05, 4.69) is 0 Å². The topological polar surface area (TPSA) is 55.6 Å². The van der Waals surface area contributed by atoms with Crippen molar-refractivity contribution in [2.75, 3.05) is 18.6 Å². The smallest absolute Gasteiger partial charge is 0.230 e. The first-order valence-corrected chi connectivity index (χ1v) is 8.85. The van der Waals surface area contributed by atoms with Crippen LogP contribution < -0.4 is 15.4 Å². The third-order valence-corrected chi connectivity index (χ3v) is 5.73. The molecular formula is C19H29ClN2O2. The van der Waals surface area contributed by atoms with E-state index >= 15 is 0 Å². The van der Waals surface area contributed by atoms with Gasteiger partial charge in [0.1, 0.15) is 5.75 Å². The number of ether oxygens (including phenoxy) is 1. The fourth-order valence-corrected chi connectivity index (χ4v) is 4.44. The lowest BCUT2D eigenvalue weighted by atomic mass is 9.65. The zero-order valence-corrected chi connectivity index (χ0v) is 15.4. The van der Waals surface area contributed by atoms with E-state index in [-0.39, 0.29) is 24.2 Å². The molecule has 1 amide bonds. The summed E-state index contributed by atoms with van der Waals surface area (Å²) in [6.07, 6.45) is 5.58. The summed E-state index contributed by atoms with van der Waals surface area (Å²) in [6, 6.07) is 8.07. The molecule has 0 radical (unpaired) electrons. The maximum Gasteiger partial charge on any atom is 0.230 e. The predicted molar refractivity (Wildman–Crippen MR) is 99.8 cm³/mol. The molecule has 4 nitrogen and oxygen atoms in total. The zero-order valence-electron chi connectivity index (χ0n) is 14.6. The number of benzene rings is 1. The second-order valence-corrected chi connectivity index (χ2v) is 6.98. The normalized spacial score (nSPS) is 28.6. The maximum atomic E-state index is 13.1. The first-order valence-electron chi connectivity index (χ1n) is 8.85. The minimum absolute atomic E-state index is 0. The number of rotatable bonds is 4. The van der Waals surface area contributed by atoms with Gasteiger partial charge in [-0.05, 0) is 68.7 Å². The molecule has 2 unspecified atom stereocenters. The highest BCUT2D eigenvalue weighted by Gasteiger charge is 2.41. The van der Waals surface area contributed by atoms with Gasteiger partial charge in [-0.25, -0.2) is 0 Å². The molecule has 5 heteroatoms. The Balaban J connectivity index is 0.00000208. The van der Waals surface area contributed by atoms with Crippen LogP contribution in [0.15, 0.2) is 24.3 Å². The Kier molecular flexibility index (Phi) is 6.53. The minimum atomic E-state index is 0. The quantitative estimate of drug-likeness (QED) is 0.900. The second-order valence-electron chi connectivity index (χ2n) is 6.98. The molecule has 0 saturated heterocycles. The Morgan fingerprint density at radius 2 is 1.79 bits per heavy atom. The molecule has 2 aliphatic rings. The third kappa shape index (κ3) is 3.70. The summed E-state index contributed by atoms with van der Waals surface area (Å²) in [5.41, 5.74) is 7.32. The van der Waals surface area contributed by atoms with E-state index in [0.29, 0.717) is 24.4 Å². The number of methoxy groups -OCH3 is 1. The number of fused-ring (bicyclic) bond motifs is 2. The van der Waals surface area contributed by atoms with Crippen molar-refractivity contribution in [2.45, 2.75) is 45.1 Å². The molecule has 2 atom stereocenters. The Bertz CT molecular complexity index is 535. The van der Waals surface area contributed by atoms with Gasteiger partial charge < -0.3 is 15.4 Å². The minimum Gasteiger partial charge on any atom is -0.497 e. The van der Waals surface area contributed by atoms with Crippen molar-refractivity contribution in [3.8, 4) is 5.75 Å². The van der Waals surface area contributed by atoms with Gasteiger partial charge in [-0.2, -0.15) is 0 Å². The highest BCUT2D eigenvalue weighted by molar-refractivity contribution is 5.95. The molecule has 2 aliphatic carbocycles. The van der Waals surface area contributed by atoms with E-state index in [4.69, 9.17) is 10.5 Å². The lowest BCUT2D eigenvalue weighted by Gasteiger charge is -2.44. The van der Waals surface area contributed by atoms with Crippen LogP contribution in [0, 0.1) is 17.8 Å². The number of anilines is 1. The molecule has 134 valence electrons. The van der Waals surface area contributed by atoms with Gasteiger partial charge in [-0.3, -0.25) is 4.79 Å². The number of halogens is 1. The Morgan fingerprint density at radius 3 is 2.29 bits per heavy atom. The average molecular weight is 353 g/mol. The van der Waals surface area contributed by atoms with E-state index in [9.17, 15) is 4.79 Å². The van der Waals surface area contributed by atoms with Gasteiger partial charge in [0, 0.05) is 24.2 Å². The molecule has 2 fully saturated rings. The van der Waals surface area contributed by atoms with Crippen LogP contribution in [-0.2, 0) is 4.79 Å². The fourth-order valence-electron chi connectivity index (χ4n) is 4.44. The molecule has 0 heterocycles. The first-order chi connectivity index (χ1) is 11.1. The molecule has 24 heavy (non-hydrogen) atoms. The molecule has 0 spiro atoms. The molecule has 1 aromatic rings. The monoisotopic (exact) mass is 352 g/mol. The van der Waals surface area contributed by atoms with Crippen molar-refractivity contribution in [3.05, 3.63) is 24.3 Å². The molecule has 0 aliphatic heterocycles. The lowest BCUT2D eigenvalue weighted by molar-refractivity contribution is -0.125. The van der Waals surface area contributed by atoms with Crippen LogP contribution in [0.4, 0.5) is 5.69 Å². The van der Waals surface area contributed by atoms with Crippen LogP contribution in [0.5, 0.6) is 5.75 Å². The summed E-state index contributed by atoms with van der Waals surface area (Å²) in [4.78, 5) is 15.0. The van der Waals surface area contributed by atoms with Gasteiger partial charge in [0.2, 0.25) is 5.91 Å². The van der Waals surface area contributed by atoms with E-state index < -0.39 is 0 Å². The summed E-state index contributed by atoms with van der Waals surface area (Å²) < 4.78 is 5.20. The molecule has 2 N–H and O–H groups in total. The zero-order chi connectivity index (χ0) is 16.4. The molecule has 1 aromatic carbocycles. The van der Waals surface area contributed by atoms with Gasteiger partial charge in [-0.15, -0.1) is 12.4 Å². The third-order valence-electron chi connectivity index (χ3n) is 5.73. The fraction of sp³-hybridized carbons (Fsp3) is 0.632. The first kappa shape index (κ1) is 19.1. The second kappa shape index (κ2) is 8.21. The predicted octanol–water partition coefficient (Wildman–Crippen LogP) is 3.62. The molecular weight excluding hydrogens is 324 g/mol. The van der Waals surface area contributed by atoms with Crippen LogP contribution in [0.2, 0.25) is 0 Å². The van der Waals surface area contributed by atoms with Crippen molar-refractivity contribution < 1.29 is 9.53 Å². The standard InChI is InChI=1S/C19H28N2O2.ClH/c1-3-21(16-7-9-17(23-2)10-8-16)19(22)15-11-13-5-4-6-14(12-15)18(13)20;/h7-10,13-15,18H,3-6,11-12,20H2,1-2H3;1H. The highest BCUT2D eigenvalue weighted by atomic mass is 35.5. The van der Waals surface area contributed by atoms with Crippen molar-refractivity contribution in [1.29, 1.82) is 0 Å². The Labute approximate surface area is 151 Å². The van der Waals surface area contributed by atoms with Crippen molar-refractivity contribution >= 4 is 24.0 Å². The molecule has 3 rings (SSSR count). The highest BCUT2D eigenvalue weighted by Crippen LogP contribution is 2.42. The van der Waals surface area contributed by atoms with Crippen LogP contribution in [0.3, 0.4) is 0 Å². The van der Waals surface area contributed by atoms with Crippen LogP contribution in [-0.4, -0.2) is 25.6 Å². The number of amides is 1. The lowest BCUT2D eigenvalue weighted by Crippen LogP contribution is -2.49. The molecule has 2 bridgehead atoms. The van der Waals surface area contributed by atoms with Crippen molar-refractivity contribution in [3.63, 3.8) is 0 Å². The number of hydrogen-bond acceptors (Lipinski definition) is 3. The SMILES string of the molecule is CCN(C(=O)C1CC2CCCC(C1)C2N)c1ccc(OC)cc1.Cl. The number of hydrogen-bond donors (Lipinski definition) is 1. The van der Waals surface area contributed by atoms with Gasteiger partial charge in [-0.1, -0.05) is 6.42 Å². The Hall–Kier alpha value is -1.26. The van der Waals surface area contributed by atoms with Crippen molar-refractivity contribution in [1.82, 2.24) is 0 Å². The molecule has 0 aromatic heterocycles. The maximum absolute atomic E-state index is 13.1. The number of nitrogens with two attached hydrogens (primary N) is 1. The van der Waals surface area contributed by atoms with Crippen LogP contribution >= 0.6 is 12.4 Å². The van der Waals surface area contributed by atoms with E-state index in [1.54, 1.807) is 7.11 Å². The van der Waals surface area contributed by atoms with Gasteiger partial charge in [0.25, 0.3) is 0 Å². The Morgan fingerprint density at radius 1 is 1.21 bits per heavy atom. The summed E-state index contributed by atoms with van der Waals surface area (Å²) in [5, 5.41) is 0. The van der Waals surface area contributed by atoms with E-state index in [0.717, 1.165) is 24.3 Å². The van der Waals surface area contributed by atoms with E-state index in [1.165, 1.54) is 19.3 Å². The van der Waals surface area contributed by atoms with Crippen LogP contribution in [0.1, 0.15) is 39.0 Å². The largest absolute Gasteiger partial charge is 0.497 e. The van der Waals surface area contributed by atoms with E-state index in [1.807, 2.05) is 36.1 Å². The molecule has 2 saturated carbocycles. The number of nitrogens with zero attached hydrogens (tertiary/aromatic N) is 1. The summed E-state index contributed by atoms with van der Waals surface area (Å²) in [7, 11) is 1.65.